The van der Waals surface area contributed by atoms with Crippen LogP contribution in [0.4, 0.5) is 5.82 Å². The molecule has 0 unspecified atom stereocenters. The van der Waals surface area contributed by atoms with Gasteiger partial charge in [-0.25, -0.2) is 4.98 Å². The average Bonchev–Trinajstić information content (AvgIpc) is 2.98. The van der Waals surface area contributed by atoms with Gasteiger partial charge >= 0.3 is 0 Å². The molecule has 0 saturated carbocycles. The maximum Gasteiger partial charge on any atom is 0.261 e. The Morgan fingerprint density at radius 2 is 1.87 bits per heavy atom. The highest BCUT2D eigenvalue weighted by Gasteiger charge is 2.35. The van der Waals surface area contributed by atoms with Crippen molar-refractivity contribution in [3.8, 4) is 16.9 Å². The number of nitrogens with zero attached hydrogens (tertiary/aromatic N) is 3. The van der Waals surface area contributed by atoms with E-state index in [2.05, 4.69) is 15.3 Å². The molecule has 1 aliphatic heterocycles. The molecule has 1 aliphatic rings. The van der Waals surface area contributed by atoms with Crippen molar-refractivity contribution < 1.29 is 19.1 Å². The van der Waals surface area contributed by atoms with Crippen LogP contribution in [-0.2, 0) is 11.2 Å². The van der Waals surface area contributed by atoms with Crippen LogP contribution in [0.1, 0.15) is 31.8 Å². The second kappa shape index (κ2) is 7.98. The molecule has 31 heavy (non-hydrogen) atoms. The van der Waals surface area contributed by atoms with E-state index in [-0.39, 0.29) is 18.2 Å². The Hall–Kier alpha value is -4.07. The molecule has 4 rings (SSSR count). The third-order valence-electron chi connectivity index (χ3n) is 5.08. The number of hydrogen-bond acceptors (Lipinski definition) is 6. The number of aryl methyl sites for hydroxylation is 1. The van der Waals surface area contributed by atoms with Crippen molar-refractivity contribution >= 4 is 23.5 Å². The number of carbonyl (C=O) groups is 3. The topological polar surface area (TPSA) is 101 Å². The van der Waals surface area contributed by atoms with E-state index >= 15 is 0 Å². The summed E-state index contributed by atoms with van der Waals surface area (Å²) in [5, 5.41) is 2.74. The predicted molar refractivity (Wildman–Crippen MR) is 114 cm³/mol. The number of imide groups is 1. The molecule has 8 heteroatoms. The van der Waals surface area contributed by atoms with Gasteiger partial charge in [0.2, 0.25) is 5.91 Å². The lowest BCUT2D eigenvalue weighted by Crippen LogP contribution is -2.24. The van der Waals surface area contributed by atoms with Gasteiger partial charge in [-0.1, -0.05) is 6.07 Å². The lowest BCUT2D eigenvalue weighted by atomic mass is 9.97. The molecule has 3 amide bonds. The first-order valence-electron chi connectivity index (χ1n) is 9.58. The Morgan fingerprint density at radius 1 is 1.06 bits per heavy atom. The molecule has 0 bridgehead atoms. The first-order valence-corrected chi connectivity index (χ1v) is 9.58. The minimum absolute atomic E-state index is 0.0416. The Balaban J connectivity index is 1.51. The van der Waals surface area contributed by atoms with Crippen LogP contribution < -0.4 is 10.1 Å². The molecule has 3 aromatic rings. The van der Waals surface area contributed by atoms with Crippen LogP contribution in [0.3, 0.4) is 0 Å². The summed E-state index contributed by atoms with van der Waals surface area (Å²) in [5.74, 6) is -0.0506. The lowest BCUT2D eigenvalue weighted by Gasteiger charge is -2.09. The van der Waals surface area contributed by atoms with Crippen LogP contribution in [0.2, 0.25) is 0 Å². The Labute approximate surface area is 178 Å². The van der Waals surface area contributed by atoms with Crippen LogP contribution in [0.25, 0.3) is 11.1 Å². The van der Waals surface area contributed by atoms with Gasteiger partial charge < -0.3 is 10.1 Å². The molecule has 0 spiro atoms. The standard InChI is InChI=1S/C23H20N4O4/c1-13-6-15(21-18(7-13)22(29)27(2)23(21)30)9-20(28)26-19-5-4-14(11-25-19)16-8-17(31-3)12-24-10-16/h4-8,10-12H,9H2,1-3H3,(H,25,26,28). The molecule has 0 aliphatic carbocycles. The Morgan fingerprint density at radius 3 is 2.58 bits per heavy atom. The van der Waals surface area contributed by atoms with Crippen molar-refractivity contribution in [3.05, 3.63) is 71.2 Å². The summed E-state index contributed by atoms with van der Waals surface area (Å²) < 4.78 is 5.18. The summed E-state index contributed by atoms with van der Waals surface area (Å²) in [7, 11) is 3.01. The molecule has 156 valence electrons. The normalized spacial score (nSPS) is 12.7. The number of hydrogen-bond donors (Lipinski definition) is 1. The van der Waals surface area contributed by atoms with Crippen LogP contribution in [0.5, 0.6) is 5.75 Å². The summed E-state index contributed by atoms with van der Waals surface area (Å²) in [6.45, 7) is 1.82. The predicted octanol–water partition coefficient (Wildman–Crippen LogP) is 2.87. The minimum Gasteiger partial charge on any atom is -0.495 e. The molecule has 0 radical (unpaired) electrons. The second-order valence-corrected chi connectivity index (χ2v) is 7.29. The summed E-state index contributed by atoms with van der Waals surface area (Å²) in [6, 6.07) is 8.79. The molecular weight excluding hydrogens is 396 g/mol. The zero-order valence-electron chi connectivity index (χ0n) is 17.3. The maximum atomic E-state index is 12.6. The van der Waals surface area contributed by atoms with Crippen molar-refractivity contribution in [1.29, 1.82) is 0 Å². The highest BCUT2D eigenvalue weighted by atomic mass is 16.5. The van der Waals surface area contributed by atoms with Gasteiger partial charge in [0.05, 0.1) is 30.9 Å². The number of ether oxygens (including phenoxy) is 1. The molecule has 1 N–H and O–H groups in total. The molecule has 2 aromatic heterocycles. The van der Waals surface area contributed by atoms with E-state index in [1.807, 2.05) is 19.1 Å². The maximum absolute atomic E-state index is 12.6. The SMILES string of the molecule is COc1cncc(-c2ccc(NC(=O)Cc3cc(C)cc4c3C(=O)N(C)C4=O)nc2)c1. The first kappa shape index (κ1) is 20.2. The largest absolute Gasteiger partial charge is 0.495 e. The fraction of sp³-hybridized carbons (Fsp3) is 0.174. The Kier molecular flexibility index (Phi) is 5.21. The first-order chi connectivity index (χ1) is 14.9. The highest BCUT2D eigenvalue weighted by molar-refractivity contribution is 6.22. The number of carbonyl (C=O) groups excluding carboxylic acids is 3. The van der Waals surface area contributed by atoms with Gasteiger partial charge in [0, 0.05) is 30.6 Å². The fourth-order valence-electron chi connectivity index (χ4n) is 3.55. The van der Waals surface area contributed by atoms with E-state index in [9.17, 15) is 14.4 Å². The summed E-state index contributed by atoms with van der Waals surface area (Å²) in [6.07, 6.45) is 4.91. The zero-order valence-corrected chi connectivity index (χ0v) is 17.3. The van der Waals surface area contributed by atoms with E-state index in [1.54, 1.807) is 43.9 Å². The van der Waals surface area contributed by atoms with E-state index in [0.717, 1.165) is 21.6 Å². The van der Waals surface area contributed by atoms with Crippen molar-refractivity contribution in [1.82, 2.24) is 14.9 Å². The number of aromatic nitrogens is 2. The molecule has 0 saturated heterocycles. The van der Waals surface area contributed by atoms with Gasteiger partial charge in [0.25, 0.3) is 11.8 Å². The van der Waals surface area contributed by atoms with E-state index < -0.39 is 5.91 Å². The third kappa shape index (κ3) is 3.87. The molecular formula is C23H20N4O4. The van der Waals surface area contributed by atoms with Crippen molar-refractivity contribution in [2.24, 2.45) is 0 Å². The number of rotatable bonds is 5. The number of anilines is 1. The molecule has 0 fully saturated rings. The van der Waals surface area contributed by atoms with Crippen LogP contribution in [0, 0.1) is 6.92 Å². The number of benzene rings is 1. The quantitative estimate of drug-likeness (QED) is 0.642. The van der Waals surface area contributed by atoms with Crippen molar-refractivity contribution in [3.63, 3.8) is 0 Å². The van der Waals surface area contributed by atoms with Gasteiger partial charge in [-0.05, 0) is 42.3 Å². The van der Waals surface area contributed by atoms with E-state index in [4.69, 9.17) is 4.74 Å². The van der Waals surface area contributed by atoms with Crippen LogP contribution >= 0.6 is 0 Å². The Bertz CT molecular complexity index is 1200. The summed E-state index contributed by atoms with van der Waals surface area (Å²) in [5.41, 5.74) is 3.63. The summed E-state index contributed by atoms with van der Waals surface area (Å²) in [4.78, 5) is 46.8. The van der Waals surface area contributed by atoms with Crippen LogP contribution in [0.15, 0.2) is 48.9 Å². The zero-order chi connectivity index (χ0) is 22.1. The molecule has 3 heterocycles. The van der Waals surface area contributed by atoms with Gasteiger partial charge in [0.15, 0.2) is 0 Å². The highest BCUT2D eigenvalue weighted by Crippen LogP contribution is 2.27. The summed E-state index contributed by atoms with van der Waals surface area (Å²) >= 11 is 0. The molecule has 8 nitrogen and oxygen atoms in total. The average molecular weight is 416 g/mol. The molecule has 0 atom stereocenters. The number of methoxy groups -OCH3 is 1. The monoisotopic (exact) mass is 416 g/mol. The number of fused-ring (bicyclic) bond motifs is 1. The number of amides is 3. The van der Waals surface area contributed by atoms with Gasteiger partial charge in [0.1, 0.15) is 11.6 Å². The number of pyridine rings is 2. The smallest absolute Gasteiger partial charge is 0.261 e. The van der Waals surface area contributed by atoms with Gasteiger partial charge in [-0.2, -0.15) is 0 Å². The second-order valence-electron chi connectivity index (χ2n) is 7.29. The van der Waals surface area contributed by atoms with E-state index in [0.29, 0.717) is 28.3 Å². The van der Waals surface area contributed by atoms with Crippen LogP contribution in [-0.4, -0.2) is 46.7 Å². The minimum atomic E-state index is -0.392. The number of nitrogens with one attached hydrogen (secondary N) is 1. The van der Waals surface area contributed by atoms with Crippen molar-refractivity contribution in [2.75, 3.05) is 19.5 Å². The van der Waals surface area contributed by atoms with E-state index in [1.165, 1.54) is 7.05 Å². The lowest BCUT2D eigenvalue weighted by molar-refractivity contribution is -0.115. The fourth-order valence-corrected chi connectivity index (χ4v) is 3.55. The molecule has 1 aromatic carbocycles. The van der Waals surface area contributed by atoms with Crippen molar-refractivity contribution in [2.45, 2.75) is 13.3 Å². The third-order valence-corrected chi connectivity index (χ3v) is 5.08. The van der Waals surface area contributed by atoms with Gasteiger partial charge in [-0.15, -0.1) is 0 Å². The van der Waals surface area contributed by atoms with Gasteiger partial charge in [-0.3, -0.25) is 24.3 Å².